The van der Waals surface area contributed by atoms with Crippen LogP contribution in [0.3, 0.4) is 0 Å². The van der Waals surface area contributed by atoms with Crippen LogP contribution in [-0.4, -0.2) is 27.0 Å². The first-order valence-corrected chi connectivity index (χ1v) is 13.5. The van der Waals surface area contributed by atoms with Gasteiger partial charge in [0.2, 0.25) is 0 Å². The van der Waals surface area contributed by atoms with Gasteiger partial charge in [0.15, 0.2) is 6.10 Å². The molecule has 0 aliphatic heterocycles. The number of unbranched alkanes of at least 4 members (excludes halogenated alkanes) is 2. The summed E-state index contributed by atoms with van der Waals surface area (Å²) in [7, 11) is -4.91. The third-order valence-corrected chi connectivity index (χ3v) is 6.76. The van der Waals surface area contributed by atoms with E-state index in [0.29, 0.717) is 12.0 Å². The maximum atomic E-state index is 13.0. The van der Waals surface area contributed by atoms with Gasteiger partial charge >= 0.3 is 13.8 Å². The minimum atomic E-state index is -4.91. The van der Waals surface area contributed by atoms with E-state index in [0.717, 1.165) is 43.2 Å². The summed E-state index contributed by atoms with van der Waals surface area (Å²) in [5, 5.41) is 11.1. The lowest BCUT2D eigenvalue weighted by molar-refractivity contribution is -0.145. The number of benzene rings is 1. The highest BCUT2D eigenvalue weighted by Crippen LogP contribution is 2.47. The van der Waals surface area contributed by atoms with Gasteiger partial charge in [0.25, 0.3) is 0 Å². The van der Waals surface area contributed by atoms with Crippen LogP contribution >= 0.6 is 7.82 Å². The number of hydrogen-bond donors (Lipinski definition) is 3. The SMILES string of the molecule is C=C(C)[C@@H]1CCC(C)=C[C@H]1c1c(O)cc(CCCCC)cc1OC(=O)C(OP(=O)(O)O)C(C)C. The fourth-order valence-electron chi connectivity index (χ4n) is 4.47. The van der Waals surface area contributed by atoms with Crippen molar-refractivity contribution in [2.45, 2.75) is 85.2 Å². The second-order valence-corrected chi connectivity index (χ2v) is 10.9. The van der Waals surface area contributed by atoms with Crippen LogP contribution in [0, 0.1) is 11.8 Å². The Labute approximate surface area is 203 Å². The molecule has 0 saturated heterocycles. The quantitative estimate of drug-likeness (QED) is 0.111. The van der Waals surface area contributed by atoms with Crippen molar-refractivity contribution < 1.29 is 33.5 Å². The van der Waals surface area contributed by atoms with Crippen LogP contribution in [0.15, 0.2) is 35.9 Å². The Bertz CT molecular complexity index is 960. The lowest BCUT2D eigenvalue weighted by Gasteiger charge is -2.32. The zero-order valence-corrected chi connectivity index (χ0v) is 21.8. The van der Waals surface area contributed by atoms with E-state index in [4.69, 9.17) is 9.26 Å². The second-order valence-electron chi connectivity index (χ2n) is 9.70. The van der Waals surface area contributed by atoms with Crippen molar-refractivity contribution in [3.63, 3.8) is 0 Å². The van der Waals surface area contributed by atoms with Crippen molar-refractivity contribution in [3.8, 4) is 11.5 Å². The molecule has 0 saturated carbocycles. The van der Waals surface area contributed by atoms with Crippen LogP contribution in [-0.2, 0) is 20.3 Å². The smallest absolute Gasteiger partial charge is 0.470 e. The summed E-state index contributed by atoms with van der Waals surface area (Å²) in [5.41, 5.74) is 3.47. The molecule has 190 valence electrons. The van der Waals surface area contributed by atoms with Crippen molar-refractivity contribution >= 4 is 13.8 Å². The first kappa shape index (κ1) is 28.3. The van der Waals surface area contributed by atoms with Crippen molar-refractivity contribution in [2.75, 3.05) is 0 Å². The molecule has 0 aromatic heterocycles. The summed E-state index contributed by atoms with van der Waals surface area (Å²) >= 11 is 0. The number of rotatable bonds is 11. The number of aromatic hydroxyl groups is 1. The Morgan fingerprint density at radius 2 is 1.94 bits per heavy atom. The maximum absolute atomic E-state index is 13.0. The molecule has 0 bridgehead atoms. The third kappa shape index (κ3) is 7.81. The number of phosphoric ester groups is 1. The molecule has 34 heavy (non-hydrogen) atoms. The molecule has 0 radical (unpaired) electrons. The van der Waals surface area contributed by atoms with E-state index in [1.54, 1.807) is 26.0 Å². The number of phosphoric acid groups is 1. The molecule has 0 spiro atoms. The Kier molecular flexibility index (Phi) is 10.1. The van der Waals surface area contributed by atoms with Crippen LogP contribution < -0.4 is 4.74 Å². The van der Waals surface area contributed by atoms with Gasteiger partial charge in [0, 0.05) is 11.5 Å². The normalized spacial score (nSPS) is 19.6. The molecule has 0 amide bonds. The highest BCUT2D eigenvalue weighted by Gasteiger charge is 2.35. The zero-order valence-electron chi connectivity index (χ0n) is 20.9. The predicted molar refractivity (Wildman–Crippen MR) is 133 cm³/mol. The van der Waals surface area contributed by atoms with E-state index in [-0.39, 0.29) is 23.3 Å². The van der Waals surface area contributed by atoms with Crippen LogP contribution in [0.2, 0.25) is 0 Å². The van der Waals surface area contributed by atoms with Crippen LogP contribution in [0.1, 0.15) is 83.8 Å². The number of hydrogen-bond acceptors (Lipinski definition) is 5. The number of phenolic OH excluding ortho intramolecular Hbond substituents is 1. The largest absolute Gasteiger partial charge is 0.507 e. The molecule has 0 fully saturated rings. The number of carbonyl (C=O) groups is 1. The summed E-state index contributed by atoms with van der Waals surface area (Å²) in [6.07, 6.45) is 6.13. The number of carbonyl (C=O) groups excluding carboxylic acids is 1. The first-order chi connectivity index (χ1) is 15.8. The van der Waals surface area contributed by atoms with E-state index in [1.807, 2.05) is 13.8 Å². The fourth-order valence-corrected chi connectivity index (χ4v) is 5.09. The topological polar surface area (TPSA) is 113 Å². The third-order valence-electron chi connectivity index (χ3n) is 6.26. The molecule has 8 heteroatoms. The minimum Gasteiger partial charge on any atom is -0.507 e. The van der Waals surface area contributed by atoms with Crippen molar-refractivity contribution in [2.24, 2.45) is 11.8 Å². The Balaban J connectivity index is 2.55. The molecule has 1 aromatic rings. The second kappa shape index (κ2) is 12.2. The molecule has 1 unspecified atom stereocenters. The van der Waals surface area contributed by atoms with Crippen LogP contribution in [0.25, 0.3) is 0 Å². The van der Waals surface area contributed by atoms with E-state index in [2.05, 4.69) is 19.6 Å². The minimum absolute atomic E-state index is 0.0380. The number of allylic oxidation sites excluding steroid dienone is 3. The molecule has 1 aromatic carbocycles. The monoisotopic (exact) mass is 494 g/mol. The number of esters is 1. The average molecular weight is 495 g/mol. The molecular weight excluding hydrogens is 455 g/mol. The molecular formula is C26H39O7P. The number of phenols is 1. The van der Waals surface area contributed by atoms with E-state index >= 15 is 0 Å². The van der Waals surface area contributed by atoms with Gasteiger partial charge in [-0.3, -0.25) is 4.52 Å². The highest BCUT2D eigenvalue weighted by molar-refractivity contribution is 7.46. The number of aryl methyl sites for hydroxylation is 1. The lowest BCUT2D eigenvalue weighted by atomic mass is 9.73. The zero-order chi connectivity index (χ0) is 25.6. The van der Waals surface area contributed by atoms with Gasteiger partial charge in [-0.2, -0.15) is 0 Å². The standard InChI is InChI=1S/C26H39O7P/c1-7-8-9-10-19-14-22(27)24(21-13-18(6)11-12-20(21)16(2)3)23(15-19)32-26(28)25(17(4)5)33-34(29,30)31/h13-15,17,20-21,25,27H,2,7-12H2,1,3-6H3,(H2,29,30,31)/t20-,21+,25?/m0/s1. The molecule has 1 aliphatic carbocycles. The molecule has 7 nitrogen and oxygen atoms in total. The van der Waals surface area contributed by atoms with Crippen molar-refractivity contribution in [3.05, 3.63) is 47.1 Å². The van der Waals surface area contributed by atoms with Gasteiger partial charge in [-0.1, -0.05) is 57.4 Å². The summed E-state index contributed by atoms with van der Waals surface area (Å²) < 4.78 is 21.9. The van der Waals surface area contributed by atoms with Gasteiger partial charge in [-0.15, -0.1) is 0 Å². The molecule has 2 rings (SSSR count). The average Bonchev–Trinajstić information content (AvgIpc) is 2.71. The lowest BCUT2D eigenvalue weighted by Crippen LogP contribution is -2.33. The highest BCUT2D eigenvalue weighted by atomic mass is 31.2. The van der Waals surface area contributed by atoms with Crippen molar-refractivity contribution in [1.29, 1.82) is 0 Å². The maximum Gasteiger partial charge on any atom is 0.470 e. The van der Waals surface area contributed by atoms with Gasteiger partial charge in [-0.25, -0.2) is 9.36 Å². The Hall–Kier alpha value is -1.92. The first-order valence-electron chi connectivity index (χ1n) is 12.0. The predicted octanol–water partition coefficient (Wildman–Crippen LogP) is 6.18. The van der Waals surface area contributed by atoms with Gasteiger partial charge < -0.3 is 19.6 Å². The molecule has 1 aliphatic rings. The summed E-state index contributed by atoms with van der Waals surface area (Å²) in [6.45, 7) is 13.5. The molecule has 0 heterocycles. The van der Waals surface area contributed by atoms with E-state index < -0.39 is 25.8 Å². The van der Waals surface area contributed by atoms with E-state index in [9.17, 15) is 24.3 Å². The van der Waals surface area contributed by atoms with Crippen LogP contribution in [0.5, 0.6) is 11.5 Å². The van der Waals surface area contributed by atoms with Crippen molar-refractivity contribution in [1.82, 2.24) is 0 Å². The summed E-state index contributed by atoms with van der Waals surface area (Å²) in [6, 6.07) is 3.48. The van der Waals surface area contributed by atoms with E-state index in [1.165, 1.54) is 5.57 Å². The Morgan fingerprint density at radius 1 is 1.26 bits per heavy atom. The Morgan fingerprint density at radius 3 is 2.50 bits per heavy atom. The summed E-state index contributed by atoms with van der Waals surface area (Å²) in [4.78, 5) is 31.6. The van der Waals surface area contributed by atoms with Gasteiger partial charge in [0.05, 0.1) is 0 Å². The molecule has 3 N–H and O–H groups in total. The van der Waals surface area contributed by atoms with Crippen LogP contribution in [0.4, 0.5) is 0 Å². The summed E-state index contributed by atoms with van der Waals surface area (Å²) in [5.74, 6) is -1.39. The fraction of sp³-hybridized carbons (Fsp3) is 0.577. The van der Waals surface area contributed by atoms with Gasteiger partial charge in [0.1, 0.15) is 11.5 Å². The van der Waals surface area contributed by atoms with Gasteiger partial charge in [-0.05, 0) is 69.1 Å². The number of ether oxygens (including phenoxy) is 1. The molecule has 3 atom stereocenters.